The van der Waals surface area contributed by atoms with Crippen molar-refractivity contribution in [1.82, 2.24) is 0 Å². The van der Waals surface area contributed by atoms with Crippen molar-refractivity contribution in [2.24, 2.45) is 0 Å². The second-order valence-electron chi connectivity index (χ2n) is 4.95. The van der Waals surface area contributed by atoms with Crippen molar-refractivity contribution in [2.45, 2.75) is 45.8 Å². The van der Waals surface area contributed by atoms with E-state index >= 15 is 0 Å². The molecule has 0 aliphatic carbocycles. The summed E-state index contributed by atoms with van der Waals surface area (Å²) < 4.78 is 12.6. The van der Waals surface area contributed by atoms with Crippen molar-refractivity contribution in [3.05, 3.63) is 29.8 Å². The fourth-order valence-electron chi connectivity index (χ4n) is 1.39. The molecule has 0 fully saturated rings. The van der Waals surface area contributed by atoms with Crippen LogP contribution in [0.25, 0.3) is 0 Å². The van der Waals surface area contributed by atoms with E-state index in [9.17, 15) is 0 Å². The van der Waals surface area contributed by atoms with Crippen LogP contribution in [-0.4, -0.2) is 16.6 Å². The SMILES string of the molecule is CCC(C)(C)Oc1ccc(COCCCI)cc1. The van der Waals surface area contributed by atoms with Crippen molar-refractivity contribution in [1.29, 1.82) is 0 Å². The summed E-state index contributed by atoms with van der Waals surface area (Å²) in [6.45, 7) is 7.87. The van der Waals surface area contributed by atoms with E-state index in [1.165, 1.54) is 5.56 Å². The van der Waals surface area contributed by atoms with Gasteiger partial charge in [0.15, 0.2) is 0 Å². The molecule has 0 amide bonds. The van der Waals surface area contributed by atoms with Gasteiger partial charge in [-0.15, -0.1) is 0 Å². The number of rotatable bonds is 8. The molecule has 0 saturated carbocycles. The Morgan fingerprint density at radius 3 is 2.39 bits per heavy atom. The molecule has 0 N–H and O–H groups in total. The second kappa shape index (κ2) is 8.00. The highest BCUT2D eigenvalue weighted by molar-refractivity contribution is 14.1. The first-order chi connectivity index (χ1) is 8.57. The number of hydrogen-bond donors (Lipinski definition) is 0. The van der Waals surface area contributed by atoms with Gasteiger partial charge in [-0.3, -0.25) is 0 Å². The molecule has 1 aromatic carbocycles. The third-order valence-electron chi connectivity index (χ3n) is 2.86. The van der Waals surface area contributed by atoms with E-state index in [0.717, 1.165) is 29.6 Å². The van der Waals surface area contributed by atoms with Gasteiger partial charge in [-0.05, 0) is 44.4 Å². The summed E-state index contributed by atoms with van der Waals surface area (Å²) in [5.74, 6) is 0.929. The third kappa shape index (κ3) is 6.05. The fraction of sp³-hybridized carbons (Fsp3) is 0.600. The number of ether oxygens (including phenoxy) is 2. The first-order valence-electron chi connectivity index (χ1n) is 6.49. The Morgan fingerprint density at radius 1 is 1.17 bits per heavy atom. The first-order valence-corrected chi connectivity index (χ1v) is 8.01. The summed E-state index contributed by atoms with van der Waals surface area (Å²) in [6, 6.07) is 8.19. The van der Waals surface area contributed by atoms with E-state index in [1.54, 1.807) is 0 Å². The van der Waals surface area contributed by atoms with Crippen LogP contribution in [0.1, 0.15) is 39.2 Å². The zero-order valence-electron chi connectivity index (χ0n) is 11.5. The molecule has 1 aromatic rings. The summed E-state index contributed by atoms with van der Waals surface area (Å²) in [5.41, 5.74) is 1.10. The molecule has 1 rings (SSSR count). The van der Waals surface area contributed by atoms with Crippen LogP contribution in [0.3, 0.4) is 0 Å². The summed E-state index contributed by atoms with van der Waals surface area (Å²) in [4.78, 5) is 0. The van der Waals surface area contributed by atoms with Gasteiger partial charge in [-0.2, -0.15) is 0 Å². The minimum atomic E-state index is -0.0989. The first kappa shape index (κ1) is 15.8. The molecule has 0 aromatic heterocycles. The molecule has 0 unspecified atom stereocenters. The summed E-state index contributed by atoms with van der Waals surface area (Å²) in [5, 5.41) is 0. The lowest BCUT2D eigenvalue weighted by Gasteiger charge is -2.24. The molecule has 0 atom stereocenters. The number of benzene rings is 1. The van der Waals surface area contributed by atoms with Gasteiger partial charge in [0, 0.05) is 11.0 Å². The Morgan fingerprint density at radius 2 is 1.83 bits per heavy atom. The third-order valence-corrected chi connectivity index (χ3v) is 3.62. The minimum Gasteiger partial charge on any atom is -0.488 e. The van der Waals surface area contributed by atoms with Gasteiger partial charge in [0.2, 0.25) is 0 Å². The zero-order valence-corrected chi connectivity index (χ0v) is 13.7. The Hall–Kier alpha value is -0.290. The molecule has 0 spiro atoms. The Bertz CT molecular complexity index is 333. The smallest absolute Gasteiger partial charge is 0.120 e. The average Bonchev–Trinajstić information content (AvgIpc) is 2.36. The number of halogens is 1. The Kier molecular flexibility index (Phi) is 7.00. The van der Waals surface area contributed by atoms with E-state index in [2.05, 4.69) is 55.5 Å². The molecular weight excluding hydrogens is 339 g/mol. The van der Waals surface area contributed by atoms with Gasteiger partial charge < -0.3 is 9.47 Å². The van der Waals surface area contributed by atoms with E-state index in [1.807, 2.05) is 12.1 Å². The van der Waals surface area contributed by atoms with Crippen molar-refractivity contribution in [2.75, 3.05) is 11.0 Å². The highest BCUT2D eigenvalue weighted by atomic mass is 127. The monoisotopic (exact) mass is 362 g/mol. The molecule has 0 heterocycles. The minimum absolute atomic E-state index is 0.0989. The van der Waals surface area contributed by atoms with Crippen LogP contribution in [0.15, 0.2) is 24.3 Å². The highest BCUT2D eigenvalue weighted by Gasteiger charge is 2.16. The predicted octanol–water partition coefficient (Wildman–Crippen LogP) is 4.60. The molecule has 2 nitrogen and oxygen atoms in total. The topological polar surface area (TPSA) is 18.5 Å². The molecule has 102 valence electrons. The van der Waals surface area contributed by atoms with E-state index < -0.39 is 0 Å². The van der Waals surface area contributed by atoms with Gasteiger partial charge in [-0.1, -0.05) is 41.6 Å². The Balaban J connectivity index is 2.42. The summed E-state index contributed by atoms with van der Waals surface area (Å²) in [6.07, 6.45) is 2.11. The number of hydrogen-bond acceptors (Lipinski definition) is 2. The maximum absolute atomic E-state index is 5.91. The molecule has 3 heteroatoms. The van der Waals surface area contributed by atoms with Gasteiger partial charge in [-0.25, -0.2) is 0 Å². The lowest BCUT2D eigenvalue weighted by atomic mass is 10.1. The van der Waals surface area contributed by atoms with Crippen LogP contribution < -0.4 is 4.74 Å². The van der Waals surface area contributed by atoms with Crippen LogP contribution in [0, 0.1) is 0 Å². The van der Waals surface area contributed by atoms with E-state index in [4.69, 9.17) is 9.47 Å². The normalized spacial score (nSPS) is 11.6. The summed E-state index contributed by atoms with van der Waals surface area (Å²) in [7, 11) is 0. The van der Waals surface area contributed by atoms with Crippen LogP contribution in [-0.2, 0) is 11.3 Å². The average molecular weight is 362 g/mol. The molecule has 0 aliphatic heterocycles. The van der Waals surface area contributed by atoms with Gasteiger partial charge in [0.25, 0.3) is 0 Å². The molecule has 0 aliphatic rings. The second-order valence-corrected chi connectivity index (χ2v) is 6.03. The quantitative estimate of drug-likeness (QED) is 0.382. The van der Waals surface area contributed by atoms with Crippen molar-refractivity contribution in [3.8, 4) is 5.75 Å². The van der Waals surface area contributed by atoms with Gasteiger partial charge in [0.1, 0.15) is 11.4 Å². The van der Waals surface area contributed by atoms with E-state index in [-0.39, 0.29) is 5.60 Å². The predicted molar refractivity (Wildman–Crippen MR) is 84.6 cm³/mol. The highest BCUT2D eigenvalue weighted by Crippen LogP contribution is 2.21. The standard InChI is InChI=1S/C15H23IO2/c1-4-15(2,3)18-14-8-6-13(7-9-14)12-17-11-5-10-16/h6-9H,4-5,10-12H2,1-3H3. The largest absolute Gasteiger partial charge is 0.488 e. The van der Waals surface area contributed by atoms with Gasteiger partial charge in [0.05, 0.1) is 6.61 Å². The van der Waals surface area contributed by atoms with Crippen LogP contribution >= 0.6 is 22.6 Å². The van der Waals surface area contributed by atoms with Crippen LogP contribution in [0.5, 0.6) is 5.75 Å². The van der Waals surface area contributed by atoms with Crippen molar-refractivity contribution >= 4 is 22.6 Å². The van der Waals surface area contributed by atoms with Crippen LogP contribution in [0.4, 0.5) is 0 Å². The van der Waals surface area contributed by atoms with Crippen molar-refractivity contribution in [3.63, 3.8) is 0 Å². The lowest BCUT2D eigenvalue weighted by Crippen LogP contribution is -2.26. The zero-order chi connectivity index (χ0) is 13.4. The summed E-state index contributed by atoms with van der Waals surface area (Å²) >= 11 is 2.37. The molecular formula is C15H23IO2. The molecule has 18 heavy (non-hydrogen) atoms. The van der Waals surface area contributed by atoms with Gasteiger partial charge >= 0.3 is 0 Å². The van der Waals surface area contributed by atoms with Crippen LogP contribution in [0.2, 0.25) is 0 Å². The number of alkyl halides is 1. The van der Waals surface area contributed by atoms with Crippen molar-refractivity contribution < 1.29 is 9.47 Å². The molecule has 0 saturated heterocycles. The molecule has 0 bridgehead atoms. The maximum atomic E-state index is 5.91. The maximum Gasteiger partial charge on any atom is 0.120 e. The Labute approximate surface area is 124 Å². The fourth-order valence-corrected chi connectivity index (χ4v) is 1.70. The molecule has 0 radical (unpaired) electrons. The lowest BCUT2D eigenvalue weighted by molar-refractivity contribution is 0.105. The van der Waals surface area contributed by atoms with E-state index in [0.29, 0.717) is 6.61 Å².